The lowest BCUT2D eigenvalue weighted by Gasteiger charge is -2.34. The molecule has 0 aliphatic carbocycles. The standard InChI is InChI=1S/C18H25NO5/c1-2-14-5-3-4-6-16(14)24-13-17(20)19(10-7-18(21)22)15-8-11-23-12-9-15/h3-6,15H,2,7-13H2,1H3,(H,21,22). The lowest BCUT2D eigenvalue weighted by atomic mass is 10.1. The highest BCUT2D eigenvalue weighted by Crippen LogP contribution is 2.19. The Morgan fingerprint density at radius 2 is 2.00 bits per heavy atom. The number of carboxylic acids is 1. The van der Waals surface area contributed by atoms with Gasteiger partial charge in [0.05, 0.1) is 6.42 Å². The second-order valence-corrected chi connectivity index (χ2v) is 5.82. The highest BCUT2D eigenvalue weighted by atomic mass is 16.5. The van der Waals surface area contributed by atoms with Gasteiger partial charge in [-0.05, 0) is 30.9 Å². The van der Waals surface area contributed by atoms with Crippen molar-refractivity contribution in [3.63, 3.8) is 0 Å². The van der Waals surface area contributed by atoms with Crippen LogP contribution >= 0.6 is 0 Å². The van der Waals surface area contributed by atoms with E-state index in [4.69, 9.17) is 14.6 Å². The molecule has 0 aromatic heterocycles. The zero-order chi connectivity index (χ0) is 17.4. The van der Waals surface area contributed by atoms with E-state index < -0.39 is 5.97 Å². The van der Waals surface area contributed by atoms with E-state index >= 15 is 0 Å². The number of hydrogen-bond donors (Lipinski definition) is 1. The van der Waals surface area contributed by atoms with Crippen LogP contribution in [0, 0.1) is 0 Å². The van der Waals surface area contributed by atoms with Crippen LogP contribution in [0.15, 0.2) is 24.3 Å². The molecule has 1 aromatic carbocycles. The van der Waals surface area contributed by atoms with Crippen LogP contribution in [0.4, 0.5) is 0 Å². The topological polar surface area (TPSA) is 76.1 Å². The molecule has 0 saturated carbocycles. The zero-order valence-corrected chi connectivity index (χ0v) is 14.1. The number of carboxylic acid groups (broad SMARTS) is 1. The second-order valence-electron chi connectivity index (χ2n) is 5.82. The quantitative estimate of drug-likeness (QED) is 0.787. The molecule has 1 aromatic rings. The number of hydrogen-bond acceptors (Lipinski definition) is 4. The Kier molecular flexibility index (Phi) is 7.06. The van der Waals surface area contributed by atoms with Gasteiger partial charge in [-0.2, -0.15) is 0 Å². The molecular weight excluding hydrogens is 310 g/mol. The van der Waals surface area contributed by atoms with Crippen LogP contribution in [0.3, 0.4) is 0 Å². The summed E-state index contributed by atoms with van der Waals surface area (Å²) in [6, 6.07) is 7.66. The van der Waals surface area contributed by atoms with Crippen LogP contribution in [0.2, 0.25) is 0 Å². The summed E-state index contributed by atoms with van der Waals surface area (Å²) in [5.74, 6) is -0.371. The fourth-order valence-corrected chi connectivity index (χ4v) is 2.88. The number of aliphatic carboxylic acids is 1. The maximum atomic E-state index is 12.6. The molecule has 24 heavy (non-hydrogen) atoms. The first kappa shape index (κ1) is 18.3. The largest absolute Gasteiger partial charge is 0.483 e. The molecule has 1 fully saturated rings. The van der Waals surface area contributed by atoms with Crippen molar-refractivity contribution in [1.82, 2.24) is 4.90 Å². The van der Waals surface area contributed by atoms with Gasteiger partial charge in [-0.1, -0.05) is 25.1 Å². The maximum absolute atomic E-state index is 12.6. The molecule has 1 aliphatic heterocycles. The molecule has 1 saturated heterocycles. The van der Waals surface area contributed by atoms with Crippen LogP contribution in [0.1, 0.15) is 31.7 Å². The van der Waals surface area contributed by atoms with E-state index in [0.29, 0.717) is 19.0 Å². The first-order chi connectivity index (χ1) is 11.6. The Bertz CT molecular complexity index is 554. The summed E-state index contributed by atoms with van der Waals surface area (Å²) in [6.07, 6.45) is 2.23. The molecule has 0 spiro atoms. The van der Waals surface area contributed by atoms with Gasteiger partial charge < -0.3 is 19.5 Å². The van der Waals surface area contributed by atoms with E-state index in [1.807, 2.05) is 31.2 Å². The van der Waals surface area contributed by atoms with Gasteiger partial charge in [-0.25, -0.2) is 0 Å². The average molecular weight is 335 g/mol. The fourth-order valence-electron chi connectivity index (χ4n) is 2.88. The van der Waals surface area contributed by atoms with Crippen LogP contribution in [0.5, 0.6) is 5.75 Å². The number of carbonyl (C=O) groups is 2. The Hall–Kier alpha value is -2.08. The molecule has 132 valence electrons. The Balaban J connectivity index is 1.99. The zero-order valence-electron chi connectivity index (χ0n) is 14.1. The molecule has 1 heterocycles. The first-order valence-corrected chi connectivity index (χ1v) is 8.41. The number of benzene rings is 1. The summed E-state index contributed by atoms with van der Waals surface area (Å²) in [4.78, 5) is 25.1. The molecule has 1 aliphatic rings. The monoisotopic (exact) mass is 335 g/mol. The van der Waals surface area contributed by atoms with Crippen molar-refractivity contribution in [2.45, 2.75) is 38.6 Å². The summed E-state index contributed by atoms with van der Waals surface area (Å²) >= 11 is 0. The van der Waals surface area contributed by atoms with Gasteiger partial charge in [-0.3, -0.25) is 9.59 Å². The summed E-state index contributed by atoms with van der Waals surface area (Å²) in [5.41, 5.74) is 1.05. The second kappa shape index (κ2) is 9.27. The third-order valence-corrected chi connectivity index (χ3v) is 4.22. The van der Waals surface area contributed by atoms with Crippen molar-refractivity contribution < 1.29 is 24.2 Å². The first-order valence-electron chi connectivity index (χ1n) is 8.41. The minimum Gasteiger partial charge on any atom is -0.483 e. The molecule has 0 bridgehead atoms. The smallest absolute Gasteiger partial charge is 0.305 e. The predicted octanol–water partition coefficient (Wildman–Crippen LogP) is 2.11. The number of amides is 1. The normalized spacial score (nSPS) is 15.0. The van der Waals surface area contributed by atoms with Gasteiger partial charge in [0.15, 0.2) is 6.61 Å². The minimum absolute atomic E-state index is 0.0237. The van der Waals surface area contributed by atoms with E-state index in [9.17, 15) is 9.59 Å². The SMILES string of the molecule is CCc1ccccc1OCC(=O)N(CCC(=O)O)C1CCOCC1. The molecule has 0 atom stereocenters. The summed E-state index contributed by atoms with van der Waals surface area (Å²) in [7, 11) is 0. The fraction of sp³-hybridized carbons (Fsp3) is 0.556. The van der Waals surface area contributed by atoms with E-state index in [-0.39, 0.29) is 31.5 Å². The lowest BCUT2D eigenvalue weighted by molar-refractivity contribution is -0.141. The van der Waals surface area contributed by atoms with E-state index in [1.54, 1.807) is 4.90 Å². The highest BCUT2D eigenvalue weighted by Gasteiger charge is 2.26. The van der Waals surface area contributed by atoms with Gasteiger partial charge in [0, 0.05) is 25.8 Å². The number of aryl methyl sites for hydroxylation is 1. The molecule has 0 unspecified atom stereocenters. The molecule has 2 rings (SSSR count). The molecule has 6 nitrogen and oxygen atoms in total. The van der Waals surface area contributed by atoms with Crippen molar-refractivity contribution >= 4 is 11.9 Å². The Morgan fingerprint density at radius 1 is 1.29 bits per heavy atom. The Morgan fingerprint density at radius 3 is 2.67 bits per heavy atom. The molecule has 6 heteroatoms. The van der Waals surface area contributed by atoms with Crippen LogP contribution in [-0.4, -0.2) is 54.3 Å². The third-order valence-electron chi connectivity index (χ3n) is 4.22. The number of para-hydroxylation sites is 1. The number of rotatable bonds is 8. The van der Waals surface area contributed by atoms with Gasteiger partial charge in [0.25, 0.3) is 5.91 Å². The summed E-state index contributed by atoms with van der Waals surface area (Å²) in [5, 5.41) is 8.92. The van der Waals surface area contributed by atoms with E-state index in [2.05, 4.69) is 0 Å². The van der Waals surface area contributed by atoms with Crippen molar-refractivity contribution in [2.24, 2.45) is 0 Å². The molecule has 1 N–H and O–H groups in total. The molecular formula is C18H25NO5. The van der Waals surface area contributed by atoms with E-state index in [1.165, 1.54) is 0 Å². The number of ether oxygens (including phenoxy) is 2. The van der Waals surface area contributed by atoms with Gasteiger partial charge in [-0.15, -0.1) is 0 Å². The number of nitrogens with zero attached hydrogens (tertiary/aromatic N) is 1. The minimum atomic E-state index is -0.905. The summed E-state index contributed by atoms with van der Waals surface area (Å²) in [6.45, 7) is 3.36. The van der Waals surface area contributed by atoms with Crippen molar-refractivity contribution in [2.75, 3.05) is 26.4 Å². The average Bonchev–Trinajstić information content (AvgIpc) is 2.61. The maximum Gasteiger partial charge on any atom is 0.305 e. The molecule has 0 radical (unpaired) electrons. The molecule has 1 amide bonds. The van der Waals surface area contributed by atoms with Crippen molar-refractivity contribution in [3.05, 3.63) is 29.8 Å². The van der Waals surface area contributed by atoms with Gasteiger partial charge in [0.2, 0.25) is 0 Å². The Labute approximate surface area is 142 Å². The van der Waals surface area contributed by atoms with Crippen LogP contribution in [0.25, 0.3) is 0 Å². The van der Waals surface area contributed by atoms with Gasteiger partial charge in [0.1, 0.15) is 5.75 Å². The van der Waals surface area contributed by atoms with Gasteiger partial charge >= 0.3 is 5.97 Å². The van der Waals surface area contributed by atoms with Crippen molar-refractivity contribution in [3.8, 4) is 5.75 Å². The van der Waals surface area contributed by atoms with E-state index in [0.717, 1.165) is 24.8 Å². The summed E-state index contributed by atoms with van der Waals surface area (Å²) < 4.78 is 11.0. The van der Waals surface area contributed by atoms with Crippen LogP contribution < -0.4 is 4.74 Å². The third kappa shape index (κ3) is 5.23. The number of carbonyl (C=O) groups excluding carboxylic acids is 1. The van der Waals surface area contributed by atoms with Crippen molar-refractivity contribution in [1.29, 1.82) is 0 Å². The van der Waals surface area contributed by atoms with Crippen LogP contribution in [-0.2, 0) is 20.7 Å². The highest BCUT2D eigenvalue weighted by molar-refractivity contribution is 5.79. The lowest BCUT2D eigenvalue weighted by Crippen LogP contribution is -2.46. The predicted molar refractivity (Wildman–Crippen MR) is 89.1 cm³/mol.